The summed E-state index contributed by atoms with van der Waals surface area (Å²) in [5, 5.41) is 14.3. The molecule has 7 nitrogen and oxygen atoms in total. The van der Waals surface area contributed by atoms with Crippen molar-refractivity contribution in [3.8, 4) is 0 Å². The molecule has 1 aromatic rings. The Bertz CT molecular complexity index is 468. The highest BCUT2D eigenvalue weighted by Crippen LogP contribution is 2.38. The molecule has 2 heterocycles. The third-order valence-corrected chi connectivity index (χ3v) is 4.42. The van der Waals surface area contributed by atoms with Crippen LogP contribution < -0.4 is 0 Å². The van der Waals surface area contributed by atoms with Crippen LogP contribution in [0.2, 0.25) is 0 Å². The Labute approximate surface area is 131 Å². The van der Waals surface area contributed by atoms with E-state index >= 15 is 0 Å². The Morgan fingerprint density at radius 3 is 2.73 bits per heavy atom. The van der Waals surface area contributed by atoms with Crippen LogP contribution in [-0.2, 0) is 6.54 Å². The van der Waals surface area contributed by atoms with Crippen LogP contribution in [0.15, 0.2) is 4.52 Å². The van der Waals surface area contributed by atoms with Crippen LogP contribution in [0.5, 0.6) is 0 Å². The molecule has 1 aliphatic carbocycles. The van der Waals surface area contributed by atoms with Crippen molar-refractivity contribution in [2.75, 3.05) is 53.4 Å². The number of aliphatic hydroxyl groups is 1. The highest BCUT2D eigenvalue weighted by molar-refractivity contribution is 5.03. The lowest BCUT2D eigenvalue weighted by Crippen LogP contribution is -2.48. The predicted octanol–water partition coefficient (Wildman–Crippen LogP) is -0.0129. The summed E-state index contributed by atoms with van der Waals surface area (Å²) < 4.78 is 5.28. The van der Waals surface area contributed by atoms with Gasteiger partial charge in [0, 0.05) is 45.2 Å². The molecule has 124 valence electrons. The van der Waals surface area contributed by atoms with E-state index in [1.807, 2.05) is 11.9 Å². The summed E-state index contributed by atoms with van der Waals surface area (Å²) in [6.07, 6.45) is 2.01. The largest absolute Gasteiger partial charge is 0.390 e. The van der Waals surface area contributed by atoms with Crippen molar-refractivity contribution in [2.45, 2.75) is 31.4 Å². The lowest BCUT2D eigenvalue weighted by molar-refractivity contribution is 0.0574. The zero-order chi connectivity index (χ0) is 15.5. The monoisotopic (exact) mass is 309 g/mol. The van der Waals surface area contributed by atoms with Gasteiger partial charge in [0.25, 0.3) is 0 Å². The van der Waals surface area contributed by atoms with Crippen LogP contribution in [0.25, 0.3) is 0 Å². The fraction of sp³-hybridized carbons (Fsp3) is 0.867. The number of aliphatic hydroxyl groups excluding tert-OH is 1. The minimum Gasteiger partial charge on any atom is -0.390 e. The summed E-state index contributed by atoms with van der Waals surface area (Å²) in [6, 6.07) is 0. The molecule has 2 fully saturated rings. The van der Waals surface area contributed by atoms with Crippen LogP contribution in [0.1, 0.15) is 30.5 Å². The van der Waals surface area contributed by atoms with Crippen molar-refractivity contribution in [3.05, 3.63) is 11.7 Å². The lowest BCUT2D eigenvalue weighted by atomic mass is 10.2. The van der Waals surface area contributed by atoms with E-state index in [1.165, 1.54) is 12.8 Å². The van der Waals surface area contributed by atoms with E-state index in [1.54, 1.807) is 0 Å². The maximum Gasteiger partial charge on any atom is 0.240 e. The summed E-state index contributed by atoms with van der Waals surface area (Å²) in [5.74, 6) is 2.02. The fourth-order valence-corrected chi connectivity index (χ4v) is 2.88. The first-order valence-corrected chi connectivity index (χ1v) is 8.20. The Hall–Kier alpha value is -1.02. The molecule has 1 atom stereocenters. The number of hydrogen-bond acceptors (Lipinski definition) is 7. The Morgan fingerprint density at radius 1 is 1.32 bits per heavy atom. The second-order valence-electron chi connectivity index (χ2n) is 6.78. The molecule has 1 saturated carbocycles. The normalized spacial score (nSPS) is 22.4. The maximum absolute atomic E-state index is 10.3. The Balaban J connectivity index is 1.39. The molecule has 1 saturated heterocycles. The zero-order valence-electron chi connectivity index (χ0n) is 13.6. The SMILES string of the molecule is CN1CCN(CC(O)CN(C)Cc2nc(C3CC3)no2)CC1. The molecule has 1 aromatic heterocycles. The smallest absolute Gasteiger partial charge is 0.240 e. The molecule has 0 bridgehead atoms. The molecule has 0 aromatic carbocycles. The molecule has 22 heavy (non-hydrogen) atoms. The molecule has 0 amide bonds. The molecule has 1 unspecified atom stereocenters. The Morgan fingerprint density at radius 2 is 2.05 bits per heavy atom. The minimum absolute atomic E-state index is 0.348. The van der Waals surface area contributed by atoms with Gasteiger partial charge in [-0.3, -0.25) is 9.80 Å². The first-order valence-electron chi connectivity index (χ1n) is 8.20. The summed E-state index contributed by atoms with van der Waals surface area (Å²) in [7, 11) is 4.12. The van der Waals surface area contributed by atoms with Gasteiger partial charge in [-0.2, -0.15) is 4.98 Å². The Kier molecular flexibility index (Phi) is 5.07. The number of likely N-dealkylation sites (N-methyl/N-ethyl adjacent to an activating group) is 2. The average Bonchev–Trinajstić information content (AvgIpc) is 3.22. The summed E-state index contributed by atoms with van der Waals surface area (Å²) in [5.41, 5.74) is 0. The molecule has 0 radical (unpaired) electrons. The topological polar surface area (TPSA) is 68.9 Å². The highest BCUT2D eigenvalue weighted by atomic mass is 16.5. The van der Waals surface area contributed by atoms with Crippen molar-refractivity contribution in [3.63, 3.8) is 0 Å². The van der Waals surface area contributed by atoms with E-state index in [0.29, 0.717) is 24.9 Å². The minimum atomic E-state index is -0.348. The van der Waals surface area contributed by atoms with Gasteiger partial charge in [0.15, 0.2) is 5.82 Å². The zero-order valence-corrected chi connectivity index (χ0v) is 13.6. The van der Waals surface area contributed by atoms with Gasteiger partial charge in [0.1, 0.15) is 0 Å². The number of piperazine rings is 1. The van der Waals surface area contributed by atoms with Crippen molar-refractivity contribution < 1.29 is 9.63 Å². The van der Waals surface area contributed by atoms with Crippen LogP contribution in [0.3, 0.4) is 0 Å². The molecule has 1 aliphatic heterocycles. The second kappa shape index (κ2) is 7.04. The van der Waals surface area contributed by atoms with Crippen LogP contribution in [0.4, 0.5) is 0 Å². The number of aromatic nitrogens is 2. The molecular weight excluding hydrogens is 282 g/mol. The van der Waals surface area contributed by atoms with E-state index in [-0.39, 0.29) is 6.10 Å². The third-order valence-electron chi connectivity index (χ3n) is 4.42. The van der Waals surface area contributed by atoms with Crippen molar-refractivity contribution >= 4 is 0 Å². The molecule has 2 aliphatic rings. The number of nitrogens with zero attached hydrogens (tertiary/aromatic N) is 5. The van der Waals surface area contributed by atoms with E-state index in [2.05, 4.69) is 27.0 Å². The highest BCUT2D eigenvalue weighted by Gasteiger charge is 2.29. The van der Waals surface area contributed by atoms with Crippen molar-refractivity contribution in [1.29, 1.82) is 0 Å². The van der Waals surface area contributed by atoms with E-state index in [0.717, 1.165) is 38.5 Å². The van der Waals surface area contributed by atoms with Gasteiger partial charge < -0.3 is 14.5 Å². The summed E-state index contributed by atoms with van der Waals surface area (Å²) in [4.78, 5) is 11.1. The predicted molar refractivity (Wildman–Crippen MR) is 82.6 cm³/mol. The number of hydrogen-bond donors (Lipinski definition) is 1. The standard InChI is InChI=1S/C15H27N5O2/c1-18-5-7-20(8-6-18)10-13(21)9-19(2)11-14-16-15(17-22-14)12-3-4-12/h12-13,21H,3-11H2,1-2H3. The second-order valence-corrected chi connectivity index (χ2v) is 6.78. The molecule has 1 N–H and O–H groups in total. The van der Waals surface area contributed by atoms with Gasteiger partial charge >= 0.3 is 0 Å². The van der Waals surface area contributed by atoms with Crippen LogP contribution in [0, 0.1) is 0 Å². The van der Waals surface area contributed by atoms with Crippen LogP contribution in [-0.4, -0.2) is 89.4 Å². The van der Waals surface area contributed by atoms with Gasteiger partial charge in [-0.15, -0.1) is 0 Å². The molecule has 0 spiro atoms. The fourth-order valence-electron chi connectivity index (χ4n) is 2.88. The van der Waals surface area contributed by atoms with E-state index in [9.17, 15) is 5.11 Å². The number of β-amino-alcohol motifs (C(OH)–C–C–N with tert-alkyl or cyclic N) is 1. The average molecular weight is 309 g/mol. The summed E-state index contributed by atoms with van der Waals surface area (Å²) in [6.45, 7) is 6.17. The molecular formula is C15H27N5O2. The van der Waals surface area contributed by atoms with E-state index in [4.69, 9.17) is 4.52 Å². The van der Waals surface area contributed by atoms with Crippen molar-refractivity contribution in [1.82, 2.24) is 24.8 Å². The van der Waals surface area contributed by atoms with E-state index < -0.39 is 0 Å². The van der Waals surface area contributed by atoms with Gasteiger partial charge in [-0.05, 0) is 26.9 Å². The first-order chi connectivity index (χ1) is 10.6. The molecule has 3 rings (SSSR count). The van der Waals surface area contributed by atoms with Crippen molar-refractivity contribution in [2.24, 2.45) is 0 Å². The first kappa shape index (κ1) is 15.9. The lowest BCUT2D eigenvalue weighted by Gasteiger charge is -2.34. The van der Waals surface area contributed by atoms with Gasteiger partial charge in [-0.1, -0.05) is 5.16 Å². The van der Waals surface area contributed by atoms with Gasteiger partial charge in [0.2, 0.25) is 5.89 Å². The molecule has 7 heteroatoms. The third kappa shape index (κ3) is 4.49. The quantitative estimate of drug-likeness (QED) is 0.759. The number of rotatable bonds is 7. The summed E-state index contributed by atoms with van der Waals surface area (Å²) >= 11 is 0. The van der Waals surface area contributed by atoms with Gasteiger partial charge in [-0.25, -0.2) is 0 Å². The maximum atomic E-state index is 10.3. The van der Waals surface area contributed by atoms with Crippen LogP contribution >= 0.6 is 0 Å². The van der Waals surface area contributed by atoms with Gasteiger partial charge in [0.05, 0.1) is 12.6 Å².